The van der Waals surface area contributed by atoms with Crippen LogP contribution in [-0.2, 0) is 57.6 Å². The van der Waals surface area contributed by atoms with Crippen LogP contribution in [-0.4, -0.2) is 149 Å². The Morgan fingerprint density at radius 3 is 1.55 bits per heavy atom. The molecular formula is C58H87N13O12. The first kappa shape index (κ1) is 69.0. The van der Waals surface area contributed by atoms with Crippen LogP contribution in [0.4, 0.5) is 4.79 Å². The molecule has 0 fully saturated rings. The highest BCUT2D eigenvalue weighted by Crippen LogP contribution is 2.17. The Bertz CT molecular complexity index is 2630. The van der Waals surface area contributed by atoms with Crippen LogP contribution in [0.15, 0.2) is 83.9 Å². The van der Waals surface area contributed by atoms with Crippen LogP contribution in [0.25, 0.3) is 0 Å². The van der Waals surface area contributed by atoms with Crippen molar-refractivity contribution in [1.82, 2.24) is 47.9 Å². The average molecular weight is 1160 g/mol. The zero-order chi connectivity index (χ0) is 61.8. The Morgan fingerprint density at radius 2 is 1.01 bits per heavy atom. The summed E-state index contributed by atoms with van der Waals surface area (Å²) in [5.41, 5.74) is 17.5. The van der Waals surface area contributed by atoms with Gasteiger partial charge in [-0.25, -0.2) is 4.79 Å². The molecule has 25 nitrogen and oxygen atoms in total. The monoisotopic (exact) mass is 1160 g/mol. The molecule has 0 saturated carbocycles. The van der Waals surface area contributed by atoms with Crippen LogP contribution in [0.3, 0.4) is 0 Å². The molecule has 9 amide bonds. The molecule has 0 heterocycles. The van der Waals surface area contributed by atoms with Crippen LogP contribution < -0.4 is 65.1 Å². The van der Waals surface area contributed by atoms with E-state index in [-0.39, 0.29) is 93.6 Å². The molecule has 0 aromatic heterocycles. The van der Waals surface area contributed by atoms with Gasteiger partial charge in [-0.2, -0.15) is 0 Å². The molecule has 3 rings (SSSR count). The standard InChI is InChI=1S/C58H87N13O12/c1-34(2)29-45(53(80)67-44(49(76)35(3)4)30-37-17-22-39(73)23-18-37)68-54(81)46(31-38-19-24-40(74)25-20-38)69-51(78)42(26-21-36-13-9-8-10-14-36)65-48(75)32-64-50(77)41(15-11-28-63-57(61)83)66-55(82)47(33-72)70-52(79)43(71-58(5,6)7)16-12-27-62-56(59)60/h8-10,13-14,17-20,22-25,34-35,41-47,71-74H,11-12,15-16,21,26-33H2,1-7H3,(H,64,77)(H,65,75)(H,66,82)(H,67,80)(H,68,81)(H,69,78)(H,70,79)(H4,59,60,62)(H3,61,63,83)/t41-,42?,43?,44-,45-,46-,47-/m0/s1. The highest BCUT2D eigenvalue weighted by Gasteiger charge is 2.34. The number of hydrogen-bond acceptors (Lipinski definition) is 14. The third kappa shape index (κ3) is 26.9. The molecule has 2 unspecified atom stereocenters. The number of phenolic OH excluding ortho intramolecular Hbond substituents is 2. The Hall–Kier alpha value is -8.32. The van der Waals surface area contributed by atoms with Gasteiger partial charge in [0.15, 0.2) is 11.7 Å². The quantitative estimate of drug-likeness (QED) is 0.0210. The second kappa shape index (κ2) is 34.8. The number of urea groups is 1. The number of amides is 9. The summed E-state index contributed by atoms with van der Waals surface area (Å²) in [7, 11) is 0. The summed E-state index contributed by atoms with van der Waals surface area (Å²) in [5, 5.41) is 54.3. The summed E-state index contributed by atoms with van der Waals surface area (Å²) in [4.78, 5) is 127. The molecule has 0 saturated heterocycles. The number of hydrogen-bond donors (Lipinski definition) is 15. The van der Waals surface area contributed by atoms with Crippen LogP contribution in [0.1, 0.15) is 104 Å². The van der Waals surface area contributed by atoms with Gasteiger partial charge in [0, 0.05) is 31.0 Å². The number of phenols is 2. The molecule has 0 aliphatic heterocycles. The van der Waals surface area contributed by atoms with Gasteiger partial charge < -0.3 is 80.4 Å². The van der Waals surface area contributed by atoms with Crippen LogP contribution in [0, 0.1) is 11.8 Å². The van der Waals surface area contributed by atoms with E-state index in [1.807, 2.05) is 46.8 Å². The van der Waals surface area contributed by atoms with Gasteiger partial charge in [-0.15, -0.1) is 0 Å². The Labute approximate surface area is 485 Å². The van der Waals surface area contributed by atoms with E-state index in [0.29, 0.717) is 17.5 Å². The number of carbonyl (C=O) groups is 9. The number of primary amides is 1. The Kier molecular flexibility index (Phi) is 29.0. The fraction of sp³-hybridized carbons (Fsp3) is 0.517. The molecule has 0 spiro atoms. The van der Waals surface area contributed by atoms with Gasteiger partial charge in [-0.05, 0) is 119 Å². The molecule has 0 aliphatic rings. The van der Waals surface area contributed by atoms with E-state index in [0.717, 1.165) is 5.56 Å². The zero-order valence-corrected chi connectivity index (χ0v) is 48.6. The molecule has 0 aliphatic carbocycles. The minimum Gasteiger partial charge on any atom is -0.508 e. The summed E-state index contributed by atoms with van der Waals surface area (Å²) in [6.07, 6.45) is 0.967. The van der Waals surface area contributed by atoms with Crippen molar-refractivity contribution >= 4 is 59.1 Å². The summed E-state index contributed by atoms with van der Waals surface area (Å²) in [6, 6.07) is 11.6. The number of nitrogens with one attached hydrogen (secondary N) is 9. The normalized spacial score (nSPS) is 13.8. The molecule has 83 heavy (non-hydrogen) atoms. The molecule has 456 valence electrons. The fourth-order valence-electron chi connectivity index (χ4n) is 8.67. The van der Waals surface area contributed by atoms with Crippen molar-refractivity contribution in [2.75, 3.05) is 26.2 Å². The molecule has 7 atom stereocenters. The SMILES string of the molecule is CC(C)C[C@H](NC(=O)[C@H](Cc1ccc(O)cc1)NC(=O)C(CCc1ccccc1)NC(=O)CNC(=O)[C@H](CCCNC(N)=O)NC(=O)[C@H](CO)NC(=O)C(CCCN=C(N)N)NC(C)(C)C)C(=O)N[C@@H](Cc1ccc(O)cc1)C(=O)C(C)C. The van der Waals surface area contributed by atoms with E-state index in [4.69, 9.17) is 17.2 Å². The van der Waals surface area contributed by atoms with E-state index in [1.165, 1.54) is 24.3 Å². The van der Waals surface area contributed by atoms with Gasteiger partial charge >= 0.3 is 6.03 Å². The number of guanidine groups is 1. The van der Waals surface area contributed by atoms with Crippen LogP contribution in [0.2, 0.25) is 0 Å². The molecule has 0 radical (unpaired) electrons. The maximum absolute atomic E-state index is 14.5. The number of nitrogens with zero attached hydrogens (tertiary/aromatic N) is 1. The zero-order valence-electron chi connectivity index (χ0n) is 48.6. The summed E-state index contributed by atoms with van der Waals surface area (Å²) < 4.78 is 0. The molecule has 18 N–H and O–H groups in total. The average Bonchev–Trinajstić information content (AvgIpc) is 3.50. The highest BCUT2D eigenvalue weighted by molar-refractivity contribution is 5.97. The first-order chi connectivity index (χ1) is 39.1. The number of carbonyl (C=O) groups excluding carboxylic acids is 9. The van der Waals surface area contributed by atoms with Crippen molar-refractivity contribution in [1.29, 1.82) is 0 Å². The Balaban J connectivity index is 1.89. The molecular weight excluding hydrogens is 1070 g/mol. The number of Topliss-reactive ketones (excluding diaryl/α,β-unsaturated/α-hetero) is 1. The highest BCUT2D eigenvalue weighted by atomic mass is 16.3. The van der Waals surface area contributed by atoms with Crippen molar-refractivity contribution in [3.8, 4) is 11.5 Å². The number of aryl methyl sites for hydroxylation is 1. The number of ketones is 1. The topological polar surface area (TPSA) is 413 Å². The van der Waals surface area contributed by atoms with E-state index in [9.17, 15) is 58.5 Å². The third-order valence-electron chi connectivity index (χ3n) is 12.9. The molecule has 3 aromatic carbocycles. The third-order valence-corrected chi connectivity index (χ3v) is 12.9. The number of aliphatic hydroxyl groups is 1. The smallest absolute Gasteiger partial charge is 0.312 e. The molecule has 0 bridgehead atoms. The van der Waals surface area contributed by atoms with E-state index in [2.05, 4.69) is 52.8 Å². The van der Waals surface area contributed by atoms with Gasteiger partial charge in [0.1, 0.15) is 41.7 Å². The largest absolute Gasteiger partial charge is 0.508 e. The number of rotatable bonds is 35. The minimum absolute atomic E-state index is 0.00400. The predicted molar refractivity (Wildman–Crippen MR) is 313 cm³/mol. The van der Waals surface area contributed by atoms with Gasteiger partial charge in [-0.3, -0.25) is 43.3 Å². The van der Waals surface area contributed by atoms with E-state index < -0.39 is 114 Å². The number of aliphatic hydroxyl groups excluding tert-OH is 1. The van der Waals surface area contributed by atoms with Crippen LogP contribution >= 0.6 is 0 Å². The number of aliphatic imine (C=N–C) groups is 1. The molecule has 25 heteroatoms. The predicted octanol–water partition coefficient (Wildman–Crippen LogP) is 0.0631. The maximum Gasteiger partial charge on any atom is 0.312 e. The first-order valence-electron chi connectivity index (χ1n) is 27.8. The first-order valence-corrected chi connectivity index (χ1v) is 27.8. The van der Waals surface area contributed by atoms with Gasteiger partial charge in [0.2, 0.25) is 41.4 Å². The van der Waals surface area contributed by atoms with E-state index in [1.54, 1.807) is 56.3 Å². The lowest BCUT2D eigenvalue weighted by atomic mass is 9.94. The lowest BCUT2D eigenvalue weighted by molar-refractivity contribution is -0.135. The van der Waals surface area contributed by atoms with Crippen LogP contribution in [0.5, 0.6) is 11.5 Å². The number of aromatic hydroxyl groups is 2. The van der Waals surface area contributed by atoms with Crippen molar-refractivity contribution in [2.45, 2.75) is 154 Å². The van der Waals surface area contributed by atoms with Crippen molar-refractivity contribution in [3.63, 3.8) is 0 Å². The van der Waals surface area contributed by atoms with Crippen molar-refractivity contribution in [3.05, 3.63) is 95.6 Å². The number of benzene rings is 3. The second-order valence-electron chi connectivity index (χ2n) is 22.1. The summed E-state index contributed by atoms with van der Waals surface area (Å²) in [6.45, 7) is 11.2. The van der Waals surface area contributed by atoms with Gasteiger partial charge in [0.25, 0.3) is 0 Å². The summed E-state index contributed by atoms with van der Waals surface area (Å²) in [5.74, 6) is -6.56. The maximum atomic E-state index is 14.5. The summed E-state index contributed by atoms with van der Waals surface area (Å²) >= 11 is 0. The van der Waals surface area contributed by atoms with Gasteiger partial charge in [-0.1, -0.05) is 82.3 Å². The number of nitrogens with two attached hydrogens (primary N) is 3. The molecule has 3 aromatic rings. The van der Waals surface area contributed by atoms with Gasteiger partial charge in [0.05, 0.1) is 25.2 Å². The fourth-order valence-corrected chi connectivity index (χ4v) is 8.67. The minimum atomic E-state index is -1.54. The Morgan fingerprint density at radius 1 is 0.530 bits per heavy atom. The lowest BCUT2D eigenvalue weighted by Crippen LogP contribution is -2.59. The van der Waals surface area contributed by atoms with Crippen molar-refractivity contribution in [2.24, 2.45) is 34.0 Å². The second-order valence-corrected chi connectivity index (χ2v) is 22.1. The van der Waals surface area contributed by atoms with E-state index >= 15 is 0 Å². The lowest BCUT2D eigenvalue weighted by Gasteiger charge is -2.29. The van der Waals surface area contributed by atoms with Crippen molar-refractivity contribution < 1.29 is 58.5 Å².